The van der Waals surface area contributed by atoms with Crippen molar-refractivity contribution in [1.82, 2.24) is 4.98 Å². The largest absolute Gasteiger partial charge is 0.450 e. The van der Waals surface area contributed by atoms with Crippen molar-refractivity contribution in [3.8, 4) is 0 Å². The second-order valence-corrected chi connectivity index (χ2v) is 7.43. The van der Waals surface area contributed by atoms with Crippen LogP contribution in [-0.4, -0.2) is 10.9 Å². The summed E-state index contributed by atoms with van der Waals surface area (Å²) in [5.74, 6) is 0.110. The first-order chi connectivity index (χ1) is 14.0. The van der Waals surface area contributed by atoms with E-state index in [9.17, 15) is 9.59 Å². The van der Waals surface area contributed by atoms with Gasteiger partial charge < -0.3 is 4.42 Å². The van der Waals surface area contributed by atoms with Crippen molar-refractivity contribution >= 4 is 34.3 Å². The first kappa shape index (κ1) is 17.6. The van der Waals surface area contributed by atoms with E-state index in [2.05, 4.69) is 4.98 Å². The third kappa shape index (κ3) is 2.74. The Bertz CT molecular complexity index is 1310. The zero-order valence-corrected chi connectivity index (χ0v) is 16.2. The second-order valence-electron chi connectivity index (χ2n) is 6.99. The quantitative estimate of drug-likeness (QED) is 0.478. The molecule has 6 heteroatoms. The molecule has 3 heterocycles. The molecule has 5 nitrogen and oxygen atoms in total. The number of halogens is 1. The van der Waals surface area contributed by atoms with E-state index in [1.54, 1.807) is 48.7 Å². The van der Waals surface area contributed by atoms with Gasteiger partial charge >= 0.3 is 0 Å². The maximum absolute atomic E-state index is 13.5. The summed E-state index contributed by atoms with van der Waals surface area (Å²) in [6.07, 6.45) is 1.61. The topological polar surface area (TPSA) is 63.4 Å². The van der Waals surface area contributed by atoms with Crippen molar-refractivity contribution in [2.45, 2.75) is 13.0 Å². The summed E-state index contributed by atoms with van der Waals surface area (Å²) in [7, 11) is 0. The van der Waals surface area contributed by atoms with Crippen LogP contribution in [0, 0.1) is 6.92 Å². The number of hydrogen-bond acceptors (Lipinski definition) is 4. The van der Waals surface area contributed by atoms with Crippen molar-refractivity contribution in [2.75, 3.05) is 4.90 Å². The lowest BCUT2D eigenvalue weighted by Gasteiger charge is -2.24. The van der Waals surface area contributed by atoms with Gasteiger partial charge in [-0.05, 0) is 48.9 Å². The van der Waals surface area contributed by atoms with E-state index in [-0.39, 0.29) is 11.2 Å². The molecule has 0 unspecified atom stereocenters. The fourth-order valence-electron chi connectivity index (χ4n) is 3.78. The Morgan fingerprint density at radius 1 is 1.03 bits per heavy atom. The number of hydrogen-bond donors (Lipinski definition) is 0. The van der Waals surface area contributed by atoms with Crippen LogP contribution < -0.4 is 10.3 Å². The highest BCUT2D eigenvalue weighted by Crippen LogP contribution is 2.40. The van der Waals surface area contributed by atoms with Gasteiger partial charge in [0.1, 0.15) is 11.4 Å². The predicted molar refractivity (Wildman–Crippen MR) is 112 cm³/mol. The van der Waals surface area contributed by atoms with Crippen LogP contribution >= 0.6 is 11.6 Å². The molecule has 0 aliphatic carbocycles. The van der Waals surface area contributed by atoms with Crippen LogP contribution in [0.4, 0.5) is 5.82 Å². The number of benzene rings is 2. The van der Waals surface area contributed by atoms with Crippen LogP contribution in [0.25, 0.3) is 11.0 Å². The third-order valence-corrected chi connectivity index (χ3v) is 5.36. The van der Waals surface area contributed by atoms with E-state index < -0.39 is 11.9 Å². The molecule has 0 radical (unpaired) electrons. The Kier molecular flexibility index (Phi) is 4.00. The molecular formula is C23H15ClN2O3. The normalized spacial score (nSPS) is 15.7. The Morgan fingerprint density at radius 2 is 1.83 bits per heavy atom. The molecule has 1 amide bonds. The molecule has 1 atom stereocenters. The molecule has 0 N–H and O–H groups in total. The van der Waals surface area contributed by atoms with Gasteiger partial charge in [0.05, 0.1) is 17.0 Å². The summed E-state index contributed by atoms with van der Waals surface area (Å²) in [6.45, 7) is 1.91. The molecule has 0 spiro atoms. The van der Waals surface area contributed by atoms with E-state index in [1.807, 2.05) is 25.1 Å². The van der Waals surface area contributed by atoms with Crippen molar-refractivity contribution in [3.05, 3.63) is 105 Å². The van der Waals surface area contributed by atoms with Crippen molar-refractivity contribution in [2.24, 2.45) is 0 Å². The monoisotopic (exact) mass is 402 g/mol. The minimum atomic E-state index is -0.647. The zero-order chi connectivity index (χ0) is 20.1. The molecule has 4 aromatic rings. The fraction of sp³-hybridized carbons (Fsp3) is 0.0870. The van der Waals surface area contributed by atoms with E-state index >= 15 is 0 Å². The number of rotatable bonds is 2. The van der Waals surface area contributed by atoms with Gasteiger partial charge in [0.2, 0.25) is 5.76 Å². The maximum atomic E-state index is 13.5. The summed E-state index contributed by atoms with van der Waals surface area (Å²) in [4.78, 5) is 32.6. The number of nitrogens with zero attached hydrogens (tertiary/aromatic N) is 2. The number of amides is 1. The van der Waals surface area contributed by atoms with Crippen LogP contribution in [-0.2, 0) is 0 Å². The smallest absolute Gasteiger partial charge is 0.296 e. The fourth-order valence-corrected chi connectivity index (χ4v) is 3.91. The number of aromatic nitrogens is 1. The van der Waals surface area contributed by atoms with E-state index in [4.69, 9.17) is 16.0 Å². The van der Waals surface area contributed by atoms with Crippen molar-refractivity contribution < 1.29 is 9.21 Å². The second kappa shape index (κ2) is 6.57. The highest BCUT2D eigenvalue weighted by Gasteiger charge is 2.44. The Morgan fingerprint density at radius 3 is 2.55 bits per heavy atom. The lowest BCUT2D eigenvalue weighted by molar-refractivity contribution is 0.0970. The van der Waals surface area contributed by atoms with Gasteiger partial charge in [-0.2, -0.15) is 0 Å². The third-order valence-electron chi connectivity index (χ3n) is 5.11. The predicted octanol–water partition coefficient (Wildman–Crippen LogP) is 4.90. The lowest BCUT2D eigenvalue weighted by atomic mass is 9.98. The number of fused-ring (bicyclic) bond motifs is 2. The van der Waals surface area contributed by atoms with Crippen LogP contribution in [0.5, 0.6) is 0 Å². The van der Waals surface area contributed by atoms with Crippen LogP contribution in [0.3, 0.4) is 0 Å². The Labute approximate surface area is 171 Å². The number of carbonyl (C=O) groups excluding carboxylic acids is 1. The summed E-state index contributed by atoms with van der Waals surface area (Å²) >= 11 is 6.05. The standard InChI is InChI=1S/C23H15ClN2O3/c1-13-5-10-17-16(12-13)21(27)19-20(14-6-8-15(24)9-7-14)26(23(28)22(19)29-17)18-4-2-3-11-25-18/h2-12,20H,1H3/t20-/m0/s1. The SMILES string of the molecule is Cc1ccc2oc3c(c(=O)c2c1)[C@H](c1ccc(Cl)cc1)N(c1ccccn1)C3=O. The molecule has 1 aliphatic heterocycles. The first-order valence-electron chi connectivity index (χ1n) is 9.12. The average molecular weight is 403 g/mol. The van der Waals surface area contributed by atoms with Gasteiger partial charge in [0.15, 0.2) is 5.43 Å². The van der Waals surface area contributed by atoms with Gasteiger partial charge in [-0.15, -0.1) is 0 Å². The number of pyridine rings is 1. The van der Waals surface area contributed by atoms with Gasteiger partial charge in [-0.25, -0.2) is 4.98 Å². The average Bonchev–Trinajstić information content (AvgIpc) is 3.03. The number of aryl methyl sites for hydroxylation is 1. The molecule has 5 rings (SSSR count). The van der Waals surface area contributed by atoms with Crippen LogP contribution in [0.2, 0.25) is 5.02 Å². The van der Waals surface area contributed by atoms with Gasteiger partial charge in [0, 0.05) is 11.2 Å². The zero-order valence-electron chi connectivity index (χ0n) is 15.4. The summed E-state index contributed by atoms with van der Waals surface area (Å²) in [5, 5.41) is 1.03. The molecule has 142 valence electrons. The minimum absolute atomic E-state index is 0.0527. The molecule has 0 fully saturated rings. The highest BCUT2D eigenvalue weighted by molar-refractivity contribution is 6.30. The number of anilines is 1. The molecule has 0 bridgehead atoms. The lowest BCUT2D eigenvalue weighted by Crippen LogP contribution is -2.30. The van der Waals surface area contributed by atoms with Gasteiger partial charge in [-0.1, -0.05) is 41.4 Å². The molecule has 0 saturated heterocycles. The molecule has 29 heavy (non-hydrogen) atoms. The Hall–Kier alpha value is -3.44. The summed E-state index contributed by atoms with van der Waals surface area (Å²) < 4.78 is 5.93. The first-order valence-corrected chi connectivity index (χ1v) is 9.50. The van der Waals surface area contributed by atoms with Crippen molar-refractivity contribution in [3.63, 3.8) is 0 Å². The van der Waals surface area contributed by atoms with Crippen LogP contribution in [0.1, 0.15) is 33.3 Å². The van der Waals surface area contributed by atoms with Gasteiger partial charge in [-0.3, -0.25) is 14.5 Å². The Balaban J connectivity index is 1.83. The summed E-state index contributed by atoms with van der Waals surface area (Å²) in [6, 6.07) is 17.1. The van der Waals surface area contributed by atoms with E-state index in [1.165, 1.54) is 4.90 Å². The van der Waals surface area contributed by atoms with E-state index in [0.717, 1.165) is 11.1 Å². The molecule has 0 saturated carbocycles. The minimum Gasteiger partial charge on any atom is -0.450 e. The van der Waals surface area contributed by atoms with Gasteiger partial charge in [0.25, 0.3) is 5.91 Å². The maximum Gasteiger partial charge on any atom is 0.296 e. The van der Waals surface area contributed by atoms with Crippen molar-refractivity contribution in [1.29, 1.82) is 0 Å². The highest BCUT2D eigenvalue weighted by atomic mass is 35.5. The van der Waals surface area contributed by atoms with E-state index in [0.29, 0.717) is 27.4 Å². The molecular weight excluding hydrogens is 388 g/mol. The molecule has 1 aliphatic rings. The number of carbonyl (C=O) groups is 1. The molecule has 2 aromatic heterocycles. The molecule has 2 aromatic carbocycles. The van der Waals surface area contributed by atoms with Crippen LogP contribution in [0.15, 0.2) is 76.1 Å². The summed E-state index contributed by atoms with van der Waals surface area (Å²) in [5.41, 5.74) is 2.20.